The first-order valence-electron chi connectivity index (χ1n) is 6.24. The van der Waals surface area contributed by atoms with Crippen molar-refractivity contribution in [2.75, 3.05) is 13.1 Å². The monoisotopic (exact) mass is 263 g/mol. The molecule has 1 heterocycles. The minimum atomic E-state index is -0.457. The molecule has 19 heavy (non-hydrogen) atoms. The predicted octanol–water partition coefficient (Wildman–Crippen LogP) is 1.01. The summed E-state index contributed by atoms with van der Waals surface area (Å²) in [7, 11) is 0. The van der Waals surface area contributed by atoms with Crippen molar-refractivity contribution in [2.24, 2.45) is 0 Å². The summed E-state index contributed by atoms with van der Waals surface area (Å²) in [5.74, 6) is -0.180. The molecule has 0 bridgehead atoms. The van der Waals surface area contributed by atoms with Crippen LogP contribution in [0.3, 0.4) is 0 Å². The molecule has 0 spiro atoms. The van der Waals surface area contributed by atoms with Crippen LogP contribution >= 0.6 is 0 Å². The molecule has 0 radical (unpaired) electrons. The third-order valence-electron chi connectivity index (χ3n) is 3.35. The molecule has 1 fully saturated rings. The van der Waals surface area contributed by atoms with Gasteiger partial charge in [-0.25, -0.2) is 0 Å². The largest absolute Gasteiger partial charge is 0.349 e. The zero-order valence-electron chi connectivity index (χ0n) is 10.8. The molecule has 6 heteroatoms. The van der Waals surface area contributed by atoms with E-state index in [2.05, 4.69) is 10.6 Å². The standard InChI is InChI=1S/C13H17N3O3/c1-13(6-7-14-9-13)15-12(17)8-10-4-2-3-5-11(10)16(18)19/h2-5,14H,6-9H2,1H3,(H,15,17). The Morgan fingerprint density at radius 3 is 2.89 bits per heavy atom. The van der Waals surface area contributed by atoms with E-state index in [0.29, 0.717) is 5.56 Å². The zero-order chi connectivity index (χ0) is 13.9. The first-order chi connectivity index (χ1) is 9.00. The van der Waals surface area contributed by atoms with Crippen molar-refractivity contribution in [3.8, 4) is 0 Å². The molecule has 102 valence electrons. The van der Waals surface area contributed by atoms with Gasteiger partial charge in [-0.05, 0) is 19.9 Å². The van der Waals surface area contributed by atoms with Crippen LogP contribution in [0.4, 0.5) is 5.69 Å². The second-order valence-electron chi connectivity index (χ2n) is 5.10. The Morgan fingerprint density at radius 2 is 2.26 bits per heavy atom. The normalized spacial score (nSPS) is 22.2. The Morgan fingerprint density at radius 1 is 1.53 bits per heavy atom. The first-order valence-corrected chi connectivity index (χ1v) is 6.24. The van der Waals surface area contributed by atoms with E-state index in [-0.39, 0.29) is 23.6 Å². The van der Waals surface area contributed by atoms with Crippen molar-refractivity contribution in [2.45, 2.75) is 25.3 Å². The van der Waals surface area contributed by atoms with Gasteiger partial charge in [0.05, 0.1) is 16.9 Å². The molecule has 1 saturated heterocycles. The topological polar surface area (TPSA) is 84.3 Å². The fraction of sp³-hybridized carbons (Fsp3) is 0.462. The second-order valence-corrected chi connectivity index (χ2v) is 5.10. The van der Waals surface area contributed by atoms with Crippen molar-refractivity contribution < 1.29 is 9.72 Å². The number of hydrogen-bond acceptors (Lipinski definition) is 4. The van der Waals surface area contributed by atoms with Crippen LogP contribution in [0.1, 0.15) is 18.9 Å². The van der Waals surface area contributed by atoms with Crippen LogP contribution in [0.25, 0.3) is 0 Å². The maximum Gasteiger partial charge on any atom is 0.273 e. The Kier molecular flexibility index (Phi) is 3.80. The number of benzene rings is 1. The fourth-order valence-electron chi connectivity index (χ4n) is 2.32. The molecule has 1 aromatic rings. The van der Waals surface area contributed by atoms with E-state index >= 15 is 0 Å². The fourth-order valence-corrected chi connectivity index (χ4v) is 2.32. The lowest BCUT2D eigenvalue weighted by Gasteiger charge is -2.24. The Balaban J connectivity index is 2.05. The number of carbonyl (C=O) groups excluding carboxylic acids is 1. The van der Waals surface area contributed by atoms with Crippen molar-refractivity contribution in [3.05, 3.63) is 39.9 Å². The molecular weight excluding hydrogens is 246 g/mol. The van der Waals surface area contributed by atoms with Gasteiger partial charge in [0.15, 0.2) is 0 Å². The summed E-state index contributed by atoms with van der Waals surface area (Å²) >= 11 is 0. The average Bonchev–Trinajstić information content (AvgIpc) is 2.75. The molecule has 1 aromatic carbocycles. The summed E-state index contributed by atoms with van der Waals surface area (Å²) < 4.78 is 0. The van der Waals surface area contributed by atoms with E-state index in [0.717, 1.165) is 19.5 Å². The number of nitro groups is 1. The number of nitrogens with one attached hydrogen (secondary N) is 2. The maximum atomic E-state index is 12.0. The Labute approximate surface area is 111 Å². The Bertz CT molecular complexity index is 496. The third-order valence-corrected chi connectivity index (χ3v) is 3.35. The summed E-state index contributed by atoms with van der Waals surface area (Å²) in [5.41, 5.74) is 0.188. The van der Waals surface area contributed by atoms with Crippen LogP contribution in [0.15, 0.2) is 24.3 Å². The van der Waals surface area contributed by atoms with Crippen LogP contribution in [0, 0.1) is 10.1 Å². The van der Waals surface area contributed by atoms with Gasteiger partial charge in [-0.1, -0.05) is 18.2 Å². The molecule has 0 aromatic heterocycles. The third kappa shape index (κ3) is 3.29. The van der Waals surface area contributed by atoms with Crippen LogP contribution < -0.4 is 10.6 Å². The van der Waals surface area contributed by atoms with Gasteiger partial charge in [-0.15, -0.1) is 0 Å². The van der Waals surface area contributed by atoms with Gasteiger partial charge in [-0.2, -0.15) is 0 Å². The lowest BCUT2D eigenvalue weighted by Crippen LogP contribution is -2.48. The molecule has 1 atom stereocenters. The van der Waals surface area contributed by atoms with Gasteiger partial charge in [0.1, 0.15) is 0 Å². The van der Waals surface area contributed by atoms with Gasteiger partial charge in [0, 0.05) is 18.2 Å². The quantitative estimate of drug-likeness (QED) is 0.627. The molecule has 1 unspecified atom stereocenters. The van der Waals surface area contributed by atoms with Gasteiger partial charge in [-0.3, -0.25) is 14.9 Å². The van der Waals surface area contributed by atoms with Crippen LogP contribution in [0.5, 0.6) is 0 Å². The minimum absolute atomic E-state index is 0.00708. The number of rotatable bonds is 4. The van der Waals surface area contributed by atoms with Gasteiger partial charge < -0.3 is 10.6 Å². The van der Waals surface area contributed by atoms with Crippen molar-refractivity contribution in [3.63, 3.8) is 0 Å². The van der Waals surface area contributed by atoms with E-state index in [1.165, 1.54) is 6.07 Å². The highest BCUT2D eigenvalue weighted by atomic mass is 16.6. The van der Waals surface area contributed by atoms with Crippen molar-refractivity contribution in [1.29, 1.82) is 0 Å². The molecule has 2 rings (SSSR count). The minimum Gasteiger partial charge on any atom is -0.349 e. The smallest absolute Gasteiger partial charge is 0.273 e. The lowest BCUT2D eigenvalue weighted by atomic mass is 10.0. The lowest BCUT2D eigenvalue weighted by molar-refractivity contribution is -0.385. The molecule has 1 amide bonds. The molecule has 1 aliphatic heterocycles. The number of nitro benzene ring substituents is 1. The van der Waals surface area contributed by atoms with Crippen LogP contribution in [0.2, 0.25) is 0 Å². The maximum absolute atomic E-state index is 12.0. The second kappa shape index (κ2) is 5.36. The molecule has 6 nitrogen and oxygen atoms in total. The number of hydrogen-bond donors (Lipinski definition) is 2. The summed E-state index contributed by atoms with van der Waals surface area (Å²) in [4.78, 5) is 22.4. The summed E-state index contributed by atoms with van der Waals surface area (Å²) in [6.07, 6.45) is 0.905. The van der Waals surface area contributed by atoms with E-state index < -0.39 is 4.92 Å². The molecule has 2 N–H and O–H groups in total. The van der Waals surface area contributed by atoms with Crippen LogP contribution in [-0.4, -0.2) is 29.5 Å². The zero-order valence-corrected chi connectivity index (χ0v) is 10.8. The Hall–Kier alpha value is -1.95. The summed E-state index contributed by atoms with van der Waals surface area (Å²) in [6.45, 7) is 3.59. The van der Waals surface area contributed by atoms with Gasteiger partial charge >= 0.3 is 0 Å². The predicted molar refractivity (Wildman–Crippen MR) is 70.8 cm³/mol. The SMILES string of the molecule is CC1(NC(=O)Cc2ccccc2[N+](=O)[O-])CCNC1. The highest BCUT2D eigenvalue weighted by molar-refractivity contribution is 5.80. The number of carbonyl (C=O) groups is 1. The molecule has 1 aliphatic rings. The van der Waals surface area contributed by atoms with Crippen molar-refractivity contribution in [1.82, 2.24) is 10.6 Å². The first kappa shape index (κ1) is 13.5. The number of amides is 1. The van der Waals surface area contributed by atoms with Crippen molar-refractivity contribution >= 4 is 11.6 Å². The van der Waals surface area contributed by atoms with E-state index in [9.17, 15) is 14.9 Å². The summed E-state index contributed by atoms with van der Waals surface area (Å²) in [6, 6.07) is 6.34. The van der Waals surface area contributed by atoms with Crippen LogP contribution in [-0.2, 0) is 11.2 Å². The molecule has 0 saturated carbocycles. The molecular formula is C13H17N3O3. The molecule has 0 aliphatic carbocycles. The number of nitrogens with zero attached hydrogens (tertiary/aromatic N) is 1. The average molecular weight is 263 g/mol. The highest BCUT2D eigenvalue weighted by Crippen LogP contribution is 2.19. The number of para-hydroxylation sites is 1. The summed E-state index contributed by atoms with van der Waals surface area (Å²) in [5, 5.41) is 17.0. The van der Waals surface area contributed by atoms with Gasteiger partial charge in [0.2, 0.25) is 5.91 Å². The van der Waals surface area contributed by atoms with E-state index in [1.807, 2.05) is 6.92 Å². The van der Waals surface area contributed by atoms with E-state index in [1.54, 1.807) is 18.2 Å². The van der Waals surface area contributed by atoms with E-state index in [4.69, 9.17) is 0 Å². The van der Waals surface area contributed by atoms with Gasteiger partial charge in [0.25, 0.3) is 5.69 Å². The highest BCUT2D eigenvalue weighted by Gasteiger charge is 2.30.